The third kappa shape index (κ3) is 1.54. The average molecular weight is 182 g/mol. The molecular weight excluding hydrogens is 168 g/mol. The van der Waals surface area contributed by atoms with E-state index in [9.17, 15) is 4.79 Å². The SMILES string of the molecule is CCCC1(C)C(=O)N=C(N)N=C1N. The summed E-state index contributed by atoms with van der Waals surface area (Å²) >= 11 is 0. The van der Waals surface area contributed by atoms with E-state index in [1.54, 1.807) is 6.92 Å². The molecule has 5 heteroatoms. The molecule has 1 aliphatic rings. The van der Waals surface area contributed by atoms with Gasteiger partial charge in [-0.05, 0) is 13.3 Å². The lowest BCUT2D eigenvalue weighted by Crippen LogP contribution is -2.45. The van der Waals surface area contributed by atoms with Crippen LogP contribution in [0.15, 0.2) is 9.98 Å². The molecule has 0 fully saturated rings. The molecule has 1 heterocycles. The van der Waals surface area contributed by atoms with Gasteiger partial charge >= 0.3 is 0 Å². The number of hydrogen-bond acceptors (Lipinski definition) is 4. The molecule has 1 unspecified atom stereocenters. The molecule has 4 N–H and O–H groups in total. The third-order valence-corrected chi connectivity index (χ3v) is 2.24. The predicted molar refractivity (Wildman–Crippen MR) is 51.3 cm³/mol. The third-order valence-electron chi connectivity index (χ3n) is 2.24. The van der Waals surface area contributed by atoms with E-state index in [0.717, 1.165) is 6.42 Å². The van der Waals surface area contributed by atoms with E-state index in [1.165, 1.54) is 0 Å². The molecule has 72 valence electrons. The number of carbonyl (C=O) groups excluding carboxylic acids is 1. The first-order valence-electron chi connectivity index (χ1n) is 4.24. The van der Waals surface area contributed by atoms with E-state index < -0.39 is 5.41 Å². The van der Waals surface area contributed by atoms with Crippen LogP contribution in [-0.2, 0) is 4.79 Å². The van der Waals surface area contributed by atoms with Crippen LogP contribution in [-0.4, -0.2) is 17.7 Å². The summed E-state index contributed by atoms with van der Waals surface area (Å²) in [7, 11) is 0. The van der Waals surface area contributed by atoms with E-state index >= 15 is 0 Å². The molecule has 1 rings (SSSR count). The molecule has 0 bridgehead atoms. The van der Waals surface area contributed by atoms with Crippen LogP contribution in [0, 0.1) is 5.41 Å². The zero-order chi connectivity index (χ0) is 10.1. The molecular formula is C8H14N4O. The quantitative estimate of drug-likeness (QED) is 0.629. The molecule has 0 saturated heterocycles. The van der Waals surface area contributed by atoms with Crippen molar-refractivity contribution in [1.82, 2.24) is 0 Å². The molecule has 0 aliphatic carbocycles. The van der Waals surface area contributed by atoms with Gasteiger partial charge in [0.2, 0.25) is 5.96 Å². The molecule has 0 aromatic heterocycles. The summed E-state index contributed by atoms with van der Waals surface area (Å²) in [5, 5.41) is 0. The van der Waals surface area contributed by atoms with Crippen molar-refractivity contribution in [1.29, 1.82) is 0 Å². The summed E-state index contributed by atoms with van der Waals surface area (Å²) in [6.07, 6.45) is 1.51. The summed E-state index contributed by atoms with van der Waals surface area (Å²) in [5.74, 6) is -0.0673. The second-order valence-corrected chi connectivity index (χ2v) is 3.35. The number of amidine groups is 1. The van der Waals surface area contributed by atoms with Crippen LogP contribution >= 0.6 is 0 Å². The smallest absolute Gasteiger partial charge is 0.262 e. The molecule has 0 aromatic rings. The monoisotopic (exact) mass is 182 g/mol. The Balaban J connectivity index is 3.01. The highest BCUT2D eigenvalue weighted by Gasteiger charge is 2.39. The van der Waals surface area contributed by atoms with Gasteiger partial charge in [0.1, 0.15) is 11.3 Å². The van der Waals surface area contributed by atoms with E-state index in [2.05, 4.69) is 9.98 Å². The highest BCUT2D eigenvalue weighted by molar-refractivity contribution is 6.16. The van der Waals surface area contributed by atoms with Crippen molar-refractivity contribution in [3.05, 3.63) is 0 Å². The topological polar surface area (TPSA) is 93.8 Å². The number of rotatable bonds is 2. The van der Waals surface area contributed by atoms with Crippen LogP contribution in [0.3, 0.4) is 0 Å². The van der Waals surface area contributed by atoms with Crippen LogP contribution in [0.4, 0.5) is 0 Å². The van der Waals surface area contributed by atoms with Crippen LogP contribution in [0.2, 0.25) is 0 Å². The van der Waals surface area contributed by atoms with Gasteiger partial charge in [0.15, 0.2) is 0 Å². The number of carbonyl (C=O) groups is 1. The normalized spacial score (nSPS) is 28.3. The van der Waals surface area contributed by atoms with Crippen LogP contribution in [0.5, 0.6) is 0 Å². The lowest BCUT2D eigenvalue weighted by molar-refractivity contribution is -0.123. The fourth-order valence-corrected chi connectivity index (χ4v) is 1.34. The van der Waals surface area contributed by atoms with Gasteiger partial charge in [-0.3, -0.25) is 4.79 Å². The lowest BCUT2D eigenvalue weighted by atomic mass is 9.83. The first kappa shape index (κ1) is 9.70. The van der Waals surface area contributed by atoms with E-state index in [0.29, 0.717) is 6.42 Å². The fraction of sp³-hybridized carbons (Fsp3) is 0.625. The van der Waals surface area contributed by atoms with Gasteiger partial charge in [0, 0.05) is 0 Å². The molecule has 0 aromatic carbocycles. The first-order valence-corrected chi connectivity index (χ1v) is 4.24. The summed E-state index contributed by atoms with van der Waals surface area (Å²) in [6.45, 7) is 3.72. The van der Waals surface area contributed by atoms with E-state index in [4.69, 9.17) is 11.5 Å². The highest BCUT2D eigenvalue weighted by atomic mass is 16.1. The van der Waals surface area contributed by atoms with E-state index in [-0.39, 0.29) is 17.7 Å². The molecule has 1 atom stereocenters. The maximum absolute atomic E-state index is 11.5. The van der Waals surface area contributed by atoms with Gasteiger partial charge in [-0.2, -0.15) is 9.98 Å². The molecule has 1 amide bonds. The van der Waals surface area contributed by atoms with Crippen molar-refractivity contribution in [3.63, 3.8) is 0 Å². The summed E-state index contributed by atoms with van der Waals surface area (Å²) < 4.78 is 0. The standard InChI is InChI=1S/C8H14N4O/c1-3-4-8(2)5(9)11-7(10)12-6(8)13/h3-4H2,1-2H3,(H4,9,10,11,12,13). The Kier molecular flexibility index (Phi) is 2.36. The van der Waals surface area contributed by atoms with Crippen molar-refractivity contribution in [3.8, 4) is 0 Å². The van der Waals surface area contributed by atoms with Crippen molar-refractivity contribution in [2.45, 2.75) is 26.7 Å². The summed E-state index contributed by atoms with van der Waals surface area (Å²) in [4.78, 5) is 18.9. The first-order chi connectivity index (χ1) is 6.00. The maximum Gasteiger partial charge on any atom is 0.262 e. The Morgan fingerprint density at radius 2 is 2.00 bits per heavy atom. The molecule has 0 saturated carbocycles. The molecule has 13 heavy (non-hydrogen) atoms. The van der Waals surface area contributed by atoms with Gasteiger partial charge in [0.05, 0.1) is 0 Å². The minimum atomic E-state index is -0.752. The highest BCUT2D eigenvalue weighted by Crippen LogP contribution is 2.27. The number of amides is 1. The number of guanidine groups is 1. The number of nitrogens with two attached hydrogens (primary N) is 2. The van der Waals surface area contributed by atoms with Crippen molar-refractivity contribution >= 4 is 17.7 Å². The van der Waals surface area contributed by atoms with Crippen LogP contribution in [0.25, 0.3) is 0 Å². The van der Waals surface area contributed by atoms with Gasteiger partial charge in [-0.1, -0.05) is 13.3 Å². The van der Waals surface area contributed by atoms with Crippen molar-refractivity contribution in [2.75, 3.05) is 0 Å². The average Bonchev–Trinajstić information content (AvgIpc) is 2.01. The Morgan fingerprint density at radius 1 is 1.38 bits per heavy atom. The van der Waals surface area contributed by atoms with Gasteiger partial charge < -0.3 is 11.5 Å². The van der Waals surface area contributed by atoms with Crippen molar-refractivity contribution in [2.24, 2.45) is 26.9 Å². The molecule has 1 aliphatic heterocycles. The van der Waals surface area contributed by atoms with Gasteiger partial charge in [-0.25, -0.2) is 0 Å². The lowest BCUT2D eigenvalue weighted by Gasteiger charge is -2.26. The molecule has 0 spiro atoms. The molecule has 0 radical (unpaired) electrons. The Labute approximate surface area is 76.9 Å². The Bertz CT molecular complexity index is 295. The van der Waals surface area contributed by atoms with Crippen molar-refractivity contribution < 1.29 is 4.79 Å². The van der Waals surface area contributed by atoms with Gasteiger partial charge in [-0.15, -0.1) is 0 Å². The summed E-state index contributed by atoms with van der Waals surface area (Å²) in [5.41, 5.74) is 10.2. The van der Waals surface area contributed by atoms with E-state index in [1.807, 2.05) is 6.92 Å². The van der Waals surface area contributed by atoms with Crippen LogP contribution < -0.4 is 11.5 Å². The molecule has 5 nitrogen and oxygen atoms in total. The summed E-state index contributed by atoms with van der Waals surface area (Å²) in [6, 6.07) is 0. The Hall–Kier alpha value is -1.39. The fourth-order valence-electron chi connectivity index (χ4n) is 1.34. The second kappa shape index (κ2) is 3.16. The number of hydrogen-bond donors (Lipinski definition) is 2. The maximum atomic E-state index is 11.5. The largest absolute Gasteiger partial charge is 0.386 e. The number of aliphatic imine (C=N–C) groups is 2. The van der Waals surface area contributed by atoms with Gasteiger partial charge in [0.25, 0.3) is 5.91 Å². The second-order valence-electron chi connectivity index (χ2n) is 3.35. The Morgan fingerprint density at radius 3 is 2.46 bits per heavy atom. The zero-order valence-corrected chi connectivity index (χ0v) is 7.87. The minimum Gasteiger partial charge on any atom is -0.386 e. The zero-order valence-electron chi connectivity index (χ0n) is 7.87. The number of nitrogens with zero attached hydrogens (tertiary/aromatic N) is 2. The predicted octanol–water partition coefficient (Wildman–Crippen LogP) is 0.00490. The minimum absolute atomic E-state index is 0.0453. The van der Waals surface area contributed by atoms with Crippen LogP contribution in [0.1, 0.15) is 26.7 Å².